The highest BCUT2D eigenvalue weighted by Crippen LogP contribution is 2.11. The first kappa shape index (κ1) is 17.9. The van der Waals surface area contributed by atoms with Gasteiger partial charge in [-0.15, -0.1) is 0 Å². The lowest BCUT2D eigenvalue weighted by Gasteiger charge is -2.23. The first-order valence-corrected chi connectivity index (χ1v) is 7.35. The lowest BCUT2D eigenvalue weighted by molar-refractivity contribution is -0.118. The maximum atomic E-state index is 11.9. The van der Waals surface area contributed by atoms with E-state index in [1.54, 1.807) is 27.0 Å². The Kier molecular flexibility index (Phi) is 6.34. The molecule has 0 bridgehead atoms. The molecule has 22 heavy (non-hydrogen) atoms. The fourth-order valence-electron chi connectivity index (χ4n) is 1.92. The molecule has 3 N–H and O–H groups in total. The number of aromatic nitrogens is 1. The normalized spacial score (nSPS) is 12.5. The van der Waals surface area contributed by atoms with Crippen LogP contribution in [0.1, 0.15) is 44.9 Å². The molecular formula is C16H25N3O3. The minimum Gasteiger partial charge on any atom is -0.444 e. The van der Waals surface area contributed by atoms with Crippen LogP contribution in [0.25, 0.3) is 0 Å². The minimum atomic E-state index is -0.566. The van der Waals surface area contributed by atoms with Gasteiger partial charge in [-0.2, -0.15) is 0 Å². The molecule has 0 aliphatic carbocycles. The molecule has 0 saturated carbocycles. The molecule has 1 rings (SSSR count). The van der Waals surface area contributed by atoms with Gasteiger partial charge >= 0.3 is 6.09 Å². The molecule has 6 heteroatoms. The molecule has 0 aliphatic heterocycles. The SMILES string of the molecule is Cc1ccc(C[C@@H](CCC(N)=O)NC(=O)OC(C)(C)C)cn1. The zero-order valence-electron chi connectivity index (χ0n) is 13.7. The highest BCUT2D eigenvalue weighted by molar-refractivity contribution is 5.74. The van der Waals surface area contributed by atoms with E-state index in [9.17, 15) is 9.59 Å². The van der Waals surface area contributed by atoms with Crippen LogP contribution >= 0.6 is 0 Å². The second kappa shape index (κ2) is 7.77. The van der Waals surface area contributed by atoms with E-state index in [-0.39, 0.29) is 12.5 Å². The monoisotopic (exact) mass is 307 g/mol. The van der Waals surface area contributed by atoms with E-state index in [0.717, 1.165) is 11.3 Å². The van der Waals surface area contributed by atoms with Gasteiger partial charge in [0.1, 0.15) is 5.60 Å². The van der Waals surface area contributed by atoms with Crippen LogP contribution in [-0.2, 0) is 16.0 Å². The van der Waals surface area contributed by atoms with Gasteiger partial charge in [0.2, 0.25) is 5.91 Å². The smallest absolute Gasteiger partial charge is 0.407 e. The Labute approximate surface area is 131 Å². The quantitative estimate of drug-likeness (QED) is 0.841. The number of rotatable bonds is 6. The van der Waals surface area contributed by atoms with E-state index >= 15 is 0 Å². The first-order valence-electron chi connectivity index (χ1n) is 7.35. The first-order chi connectivity index (χ1) is 10.2. The maximum Gasteiger partial charge on any atom is 0.407 e. The number of hydrogen-bond acceptors (Lipinski definition) is 4. The van der Waals surface area contributed by atoms with Crippen molar-refractivity contribution in [2.75, 3.05) is 0 Å². The van der Waals surface area contributed by atoms with Gasteiger partial charge in [0, 0.05) is 24.4 Å². The van der Waals surface area contributed by atoms with Crippen molar-refractivity contribution in [3.63, 3.8) is 0 Å². The molecule has 2 amide bonds. The molecule has 0 saturated heterocycles. The van der Waals surface area contributed by atoms with E-state index in [4.69, 9.17) is 10.5 Å². The third-order valence-corrected chi connectivity index (χ3v) is 2.91. The highest BCUT2D eigenvalue weighted by Gasteiger charge is 2.20. The highest BCUT2D eigenvalue weighted by atomic mass is 16.6. The predicted molar refractivity (Wildman–Crippen MR) is 84.3 cm³/mol. The Hall–Kier alpha value is -2.11. The molecule has 122 valence electrons. The second-order valence-corrected chi connectivity index (χ2v) is 6.36. The topological polar surface area (TPSA) is 94.3 Å². The second-order valence-electron chi connectivity index (χ2n) is 6.36. The Morgan fingerprint density at radius 2 is 2.05 bits per heavy atom. The standard InChI is InChI=1S/C16H25N3O3/c1-11-5-6-12(10-18-11)9-13(7-8-14(17)20)19-15(21)22-16(2,3)4/h5-6,10,13H,7-9H2,1-4H3,(H2,17,20)(H,19,21)/t13-/m1/s1. The van der Waals surface area contributed by atoms with Gasteiger partial charge < -0.3 is 15.8 Å². The lowest BCUT2D eigenvalue weighted by atomic mass is 10.0. The number of aryl methyl sites for hydroxylation is 1. The van der Waals surface area contributed by atoms with Gasteiger partial charge in [0.15, 0.2) is 0 Å². The molecule has 1 aromatic rings. The largest absolute Gasteiger partial charge is 0.444 e. The number of carbonyl (C=O) groups excluding carboxylic acids is 2. The number of pyridine rings is 1. The summed E-state index contributed by atoms with van der Waals surface area (Å²) in [4.78, 5) is 27.1. The summed E-state index contributed by atoms with van der Waals surface area (Å²) in [7, 11) is 0. The van der Waals surface area contributed by atoms with Gasteiger partial charge in [-0.3, -0.25) is 9.78 Å². The summed E-state index contributed by atoms with van der Waals surface area (Å²) >= 11 is 0. The number of alkyl carbamates (subject to hydrolysis) is 1. The van der Waals surface area contributed by atoms with Crippen molar-refractivity contribution in [3.8, 4) is 0 Å². The number of nitrogens with two attached hydrogens (primary N) is 1. The molecule has 1 aromatic heterocycles. The Morgan fingerprint density at radius 1 is 1.36 bits per heavy atom. The summed E-state index contributed by atoms with van der Waals surface area (Å²) in [5.41, 5.74) is 6.54. The van der Waals surface area contributed by atoms with Crippen LogP contribution in [0, 0.1) is 6.92 Å². The van der Waals surface area contributed by atoms with Crippen LogP contribution in [0.5, 0.6) is 0 Å². The molecule has 1 atom stereocenters. The van der Waals surface area contributed by atoms with Crippen molar-refractivity contribution < 1.29 is 14.3 Å². The van der Waals surface area contributed by atoms with Gasteiger partial charge in [-0.05, 0) is 52.2 Å². The molecule has 0 unspecified atom stereocenters. The third kappa shape index (κ3) is 7.61. The average molecular weight is 307 g/mol. The predicted octanol–water partition coefficient (Wildman–Crippen LogP) is 2.09. The van der Waals surface area contributed by atoms with Crippen molar-refractivity contribution in [2.45, 2.75) is 58.6 Å². The minimum absolute atomic E-state index is 0.208. The number of primary amides is 1. The Bertz CT molecular complexity index is 506. The van der Waals surface area contributed by atoms with E-state index in [2.05, 4.69) is 10.3 Å². The van der Waals surface area contributed by atoms with Gasteiger partial charge in [-0.25, -0.2) is 4.79 Å². The van der Waals surface area contributed by atoms with Crippen LogP contribution in [0.4, 0.5) is 4.79 Å². The lowest BCUT2D eigenvalue weighted by Crippen LogP contribution is -2.40. The van der Waals surface area contributed by atoms with Crippen LogP contribution in [0.3, 0.4) is 0 Å². The van der Waals surface area contributed by atoms with Crippen LogP contribution < -0.4 is 11.1 Å². The van der Waals surface area contributed by atoms with E-state index < -0.39 is 17.6 Å². The third-order valence-electron chi connectivity index (χ3n) is 2.91. The number of nitrogens with one attached hydrogen (secondary N) is 1. The van der Waals surface area contributed by atoms with Gasteiger partial charge in [0.25, 0.3) is 0 Å². The number of amides is 2. The molecular weight excluding hydrogens is 282 g/mol. The van der Waals surface area contributed by atoms with E-state index in [1.807, 2.05) is 19.1 Å². The molecule has 0 fully saturated rings. The molecule has 0 radical (unpaired) electrons. The zero-order valence-corrected chi connectivity index (χ0v) is 13.7. The molecule has 1 heterocycles. The van der Waals surface area contributed by atoms with Crippen molar-refractivity contribution in [1.29, 1.82) is 0 Å². The Morgan fingerprint density at radius 3 is 2.55 bits per heavy atom. The molecule has 0 aliphatic rings. The molecule has 6 nitrogen and oxygen atoms in total. The molecule has 0 aromatic carbocycles. The van der Waals surface area contributed by atoms with E-state index in [1.165, 1.54) is 0 Å². The number of ether oxygens (including phenoxy) is 1. The summed E-state index contributed by atoms with van der Waals surface area (Å²) < 4.78 is 5.25. The summed E-state index contributed by atoms with van der Waals surface area (Å²) in [5.74, 6) is -0.391. The van der Waals surface area contributed by atoms with Gasteiger partial charge in [-0.1, -0.05) is 6.07 Å². The number of carbonyl (C=O) groups is 2. The number of nitrogens with zero attached hydrogens (tertiary/aromatic N) is 1. The summed E-state index contributed by atoms with van der Waals surface area (Å²) in [5, 5.41) is 2.80. The van der Waals surface area contributed by atoms with E-state index in [0.29, 0.717) is 12.8 Å². The van der Waals surface area contributed by atoms with Crippen LogP contribution in [0.2, 0.25) is 0 Å². The summed E-state index contributed by atoms with van der Waals surface area (Å²) in [6, 6.07) is 3.64. The fraction of sp³-hybridized carbons (Fsp3) is 0.562. The van der Waals surface area contributed by atoms with Crippen LogP contribution in [0.15, 0.2) is 18.3 Å². The summed E-state index contributed by atoms with van der Waals surface area (Å²) in [6.07, 6.45) is 2.51. The number of hydrogen-bond donors (Lipinski definition) is 2. The summed E-state index contributed by atoms with van der Waals surface area (Å²) in [6.45, 7) is 7.31. The van der Waals surface area contributed by atoms with Crippen molar-refractivity contribution in [3.05, 3.63) is 29.6 Å². The average Bonchev–Trinajstić information content (AvgIpc) is 2.36. The Balaban J connectivity index is 2.68. The van der Waals surface area contributed by atoms with Crippen LogP contribution in [-0.4, -0.2) is 28.6 Å². The van der Waals surface area contributed by atoms with Crippen molar-refractivity contribution in [1.82, 2.24) is 10.3 Å². The van der Waals surface area contributed by atoms with Crippen molar-refractivity contribution >= 4 is 12.0 Å². The van der Waals surface area contributed by atoms with Crippen molar-refractivity contribution in [2.24, 2.45) is 5.73 Å². The molecule has 0 spiro atoms. The zero-order chi connectivity index (χ0) is 16.8. The van der Waals surface area contributed by atoms with Gasteiger partial charge in [0.05, 0.1) is 0 Å². The fourth-order valence-corrected chi connectivity index (χ4v) is 1.92. The maximum absolute atomic E-state index is 11.9.